The number of allylic oxidation sites excluding steroid dienone is 5. The van der Waals surface area contributed by atoms with Crippen molar-refractivity contribution in [3.63, 3.8) is 0 Å². The van der Waals surface area contributed by atoms with Crippen LogP contribution in [0.4, 0.5) is 28.4 Å². The maximum absolute atomic E-state index is 3.95. The number of benzene rings is 7. The van der Waals surface area contributed by atoms with Gasteiger partial charge in [0.2, 0.25) is 0 Å². The van der Waals surface area contributed by atoms with Gasteiger partial charge in [-0.05, 0) is 166 Å². The molecular weight excluding hydrogens is 785 g/mol. The van der Waals surface area contributed by atoms with Crippen molar-refractivity contribution < 1.29 is 0 Å². The molecule has 318 valence electrons. The molecule has 3 aliphatic carbocycles. The minimum Gasteiger partial charge on any atom is -0.314 e. The summed E-state index contributed by atoms with van der Waals surface area (Å²) in [5.74, 6) is 0. The molecule has 2 heterocycles. The molecule has 1 saturated carbocycles. The third-order valence-electron chi connectivity index (χ3n) is 15.8. The monoisotopic (exact) mass is 840 g/mol. The predicted octanol–water partition coefficient (Wildman–Crippen LogP) is 16.7. The fourth-order valence-electron chi connectivity index (χ4n) is 12.4. The van der Waals surface area contributed by atoms with E-state index in [1.165, 1.54) is 138 Å². The Morgan fingerprint density at radius 1 is 0.477 bits per heavy atom. The molecule has 0 radical (unpaired) electrons. The summed E-state index contributed by atoms with van der Waals surface area (Å²) in [4.78, 5) is 5.02. The first-order valence-corrected chi connectivity index (χ1v) is 23.9. The van der Waals surface area contributed by atoms with E-state index in [0.717, 1.165) is 25.7 Å². The first-order chi connectivity index (χ1) is 31.8. The van der Waals surface area contributed by atoms with Crippen LogP contribution < -0.4 is 9.80 Å². The van der Waals surface area contributed by atoms with Crippen LogP contribution in [0, 0.1) is 0 Å². The Kier molecular flexibility index (Phi) is 9.39. The number of anilines is 5. The summed E-state index contributed by atoms with van der Waals surface area (Å²) >= 11 is 0. The van der Waals surface area contributed by atoms with Crippen molar-refractivity contribution in [2.75, 3.05) is 9.80 Å². The molecule has 0 unspecified atom stereocenters. The van der Waals surface area contributed by atoms with Crippen LogP contribution in [0.5, 0.6) is 0 Å². The number of nitrogens with zero attached hydrogens (tertiary/aromatic N) is 2. The highest BCUT2D eigenvalue weighted by Gasteiger charge is 2.45. The van der Waals surface area contributed by atoms with E-state index < -0.39 is 0 Å². The van der Waals surface area contributed by atoms with Crippen molar-refractivity contribution in [1.29, 1.82) is 0 Å². The Morgan fingerprint density at radius 3 is 1.51 bits per heavy atom. The largest absolute Gasteiger partial charge is 0.314 e. The van der Waals surface area contributed by atoms with E-state index in [0.29, 0.717) is 0 Å². The predicted molar refractivity (Wildman–Crippen MR) is 275 cm³/mol. The van der Waals surface area contributed by atoms with Crippen molar-refractivity contribution >= 4 is 40.6 Å². The highest BCUT2D eigenvalue weighted by Crippen LogP contribution is 2.59. The van der Waals surface area contributed by atoms with Crippen LogP contribution in [0.3, 0.4) is 0 Å². The zero-order valence-corrected chi connectivity index (χ0v) is 38.0. The third-order valence-corrected chi connectivity index (χ3v) is 15.8. The van der Waals surface area contributed by atoms with Gasteiger partial charge in [0.15, 0.2) is 0 Å². The smallest absolute Gasteiger partial charge is 0.0493 e. The molecule has 0 saturated heterocycles. The maximum Gasteiger partial charge on any atom is 0.0493 e. The molecule has 0 bridgehead atoms. The first kappa shape index (κ1) is 39.7. The molecule has 12 rings (SSSR count). The van der Waals surface area contributed by atoms with Crippen molar-refractivity contribution in [3.05, 3.63) is 232 Å². The Balaban J connectivity index is 0.864. The van der Waals surface area contributed by atoms with E-state index in [1.807, 2.05) is 6.08 Å². The lowest BCUT2D eigenvalue weighted by molar-refractivity contribution is 0.550. The third kappa shape index (κ3) is 6.28. The van der Waals surface area contributed by atoms with Crippen molar-refractivity contribution in [2.24, 2.45) is 0 Å². The van der Waals surface area contributed by atoms with Gasteiger partial charge in [-0.25, -0.2) is 0 Å². The number of fused-ring (bicyclic) bond motifs is 11. The van der Waals surface area contributed by atoms with Crippen molar-refractivity contribution in [3.8, 4) is 22.3 Å². The minimum absolute atomic E-state index is 0.0469. The molecule has 0 atom stereocenters. The summed E-state index contributed by atoms with van der Waals surface area (Å²) in [6.07, 6.45) is 19.9. The van der Waals surface area contributed by atoms with Gasteiger partial charge in [-0.2, -0.15) is 0 Å². The number of hydrogen-bond donors (Lipinski definition) is 0. The summed E-state index contributed by atoms with van der Waals surface area (Å²) in [5, 5.41) is 0. The van der Waals surface area contributed by atoms with Crippen LogP contribution in [0.15, 0.2) is 182 Å². The Labute approximate surface area is 385 Å². The maximum atomic E-state index is 3.95. The number of para-hydroxylation sites is 3. The topological polar surface area (TPSA) is 6.48 Å². The summed E-state index contributed by atoms with van der Waals surface area (Å²) in [7, 11) is 0. The van der Waals surface area contributed by atoms with Gasteiger partial charge in [-0.1, -0.05) is 167 Å². The highest BCUT2D eigenvalue weighted by molar-refractivity contribution is 5.90. The highest BCUT2D eigenvalue weighted by atomic mass is 15.2. The second-order valence-corrected chi connectivity index (χ2v) is 19.6. The Bertz CT molecular complexity index is 3130. The van der Waals surface area contributed by atoms with E-state index in [2.05, 4.69) is 207 Å². The van der Waals surface area contributed by atoms with Crippen LogP contribution in [-0.4, -0.2) is 0 Å². The average molecular weight is 841 g/mol. The lowest BCUT2D eigenvalue weighted by Crippen LogP contribution is -2.21. The van der Waals surface area contributed by atoms with E-state index in [4.69, 9.17) is 0 Å². The molecule has 2 nitrogen and oxygen atoms in total. The van der Waals surface area contributed by atoms with Crippen molar-refractivity contribution in [1.82, 2.24) is 0 Å². The van der Waals surface area contributed by atoms with Crippen LogP contribution in [0.25, 0.3) is 34.4 Å². The zero-order chi connectivity index (χ0) is 43.9. The molecule has 1 spiro atoms. The lowest BCUT2D eigenvalue weighted by Gasteiger charge is -2.30. The summed E-state index contributed by atoms with van der Waals surface area (Å²) in [5.41, 5.74) is 27.0. The van der Waals surface area contributed by atoms with Gasteiger partial charge in [0.25, 0.3) is 0 Å². The average Bonchev–Trinajstić information content (AvgIpc) is 3.92. The van der Waals surface area contributed by atoms with E-state index in [-0.39, 0.29) is 10.8 Å². The molecule has 1 fully saturated rings. The molecule has 2 heteroatoms. The number of aryl methyl sites for hydroxylation is 3. The number of rotatable bonds is 6. The van der Waals surface area contributed by atoms with Gasteiger partial charge in [0.05, 0.1) is 0 Å². The molecular formula is C63H56N2. The molecule has 5 aliphatic rings. The fourth-order valence-corrected chi connectivity index (χ4v) is 12.4. The molecule has 0 N–H and O–H groups in total. The fraction of sp³-hybridized carbons (Fsp3) is 0.206. The van der Waals surface area contributed by atoms with Gasteiger partial charge < -0.3 is 9.80 Å². The molecule has 2 aliphatic heterocycles. The van der Waals surface area contributed by atoms with E-state index >= 15 is 0 Å². The van der Waals surface area contributed by atoms with Gasteiger partial charge in [0, 0.05) is 45.0 Å². The van der Waals surface area contributed by atoms with E-state index in [1.54, 1.807) is 0 Å². The summed E-state index contributed by atoms with van der Waals surface area (Å²) < 4.78 is 0. The summed E-state index contributed by atoms with van der Waals surface area (Å²) in [6.45, 7) is 11.0. The molecule has 7 aromatic carbocycles. The van der Waals surface area contributed by atoms with Gasteiger partial charge >= 0.3 is 0 Å². The summed E-state index contributed by atoms with van der Waals surface area (Å²) in [6, 6.07) is 55.9. The minimum atomic E-state index is -0.149. The van der Waals surface area contributed by atoms with Gasteiger partial charge in [0.1, 0.15) is 0 Å². The van der Waals surface area contributed by atoms with Crippen LogP contribution in [0.1, 0.15) is 103 Å². The molecule has 0 amide bonds. The van der Waals surface area contributed by atoms with Crippen LogP contribution >= 0.6 is 0 Å². The second kappa shape index (κ2) is 15.4. The van der Waals surface area contributed by atoms with Crippen LogP contribution in [0.2, 0.25) is 0 Å². The Hall–Kier alpha value is -6.90. The standard InChI is InChI=1S/C63H56N2/c1-5-6-15-45-26-27-46-16-7-10-19-59(46)64(42(45)2)49-30-34-52-51-32-24-43(38-55(51)62(3,4)56(52)40-49)22-23-44-25-33-53-54-35-31-50(41-58(54)63(57(53)39-44)36-13-14-37-63)65-60-20-11-8-17-47(60)28-29-48-18-9-12-21-61(48)65/h5-12,15-25,30-35,38-41H,1,13-14,26-29,36-37H2,2-4H3. The normalized spacial score (nSPS) is 17.3. The Morgan fingerprint density at radius 2 is 0.923 bits per heavy atom. The molecule has 7 aromatic rings. The first-order valence-electron chi connectivity index (χ1n) is 23.9. The molecule has 65 heavy (non-hydrogen) atoms. The van der Waals surface area contributed by atoms with Crippen LogP contribution in [-0.2, 0) is 30.1 Å². The second-order valence-electron chi connectivity index (χ2n) is 19.6. The quantitative estimate of drug-likeness (QED) is 0.122. The number of hydrogen-bond acceptors (Lipinski definition) is 2. The van der Waals surface area contributed by atoms with Gasteiger partial charge in [-0.3, -0.25) is 0 Å². The van der Waals surface area contributed by atoms with Gasteiger partial charge in [-0.15, -0.1) is 0 Å². The lowest BCUT2D eigenvalue weighted by atomic mass is 9.76. The zero-order valence-electron chi connectivity index (χ0n) is 38.0. The molecule has 0 aromatic heterocycles. The van der Waals surface area contributed by atoms with Crippen molar-refractivity contribution in [2.45, 2.75) is 83.0 Å². The van der Waals surface area contributed by atoms with E-state index in [9.17, 15) is 0 Å². The SMILES string of the molecule is C=CC=CC1=C(C)N(c2ccc3c(c2)C(C)(C)c2cc(C=Cc4ccc5c(c4)C4(CCCC4)c4cc(N6c7ccccc7CCc7ccccc76)ccc4-5)ccc2-3)c2ccccc2CC1.